The van der Waals surface area contributed by atoms with Crippen LogP contribution in [-0.4, -0.2) is 18.6 Å². The summed E-state index contributed by atoms with van der Waals surface area (Å²) in [5.74, 6) is 0. The van der Waals surface area contributed by atoms with Gasteiger partial charge < -0.3 is 5.32 Å². The maximum Gasteiger partial charge on any atom is 0.0595 e. The van der Waals surface area contributed by atoms with Crippen molar-refractivity contribution in [2.24, 2.45) is 0 Å². The first-order valence-electron chi connectivity index (χ1n) is 3.74. The van der Waals surface area contributed by atoms with Gasteiger partial charge >= 0.3 is 0 Å². The molecule has 1 N–H and O–H groups in total. The summed E-state index contributed by atoms with van der Waals surface area (Å²) >= 11 is 5.75. The van der Waals surface area contributed by atoms with Crippen molar-refractivity contribution in [1.82, 2.24) is 10.3 Å². The van der Waals surface area contributed by atoms with Gasteiger partial charge in [-0.2, -0.15) is 0 Å². The molecule has 0 aromatic carbocycles. The van der Waals surface area contributed by atoms with E-state index in [1.54, 1.807) is 12.4 Å². The third-order valence-electron chi connectivity index (χ3n) is 1.36. The second-order valence-corrected chi connectivity index (χ2v) is 2.83. The topological polar surface area (TPSA) is 24.9 Å². The van der Waals surface area contributed by atoms with Gasteiger partial charge in [0.15, 0.2) is 0 Å². The van der Waals surface area contributed by atoms with Crippen LogP contribution in [0.3, 0.4) is 0 Å². The van der Waals surface area contributed by atoms with Crippen LogP contribution in [0.15, 0.2) is 24.5 Å². The van der Waals surface area contributed by atoms with E-state index in [2.05, 4.69) is 10.3 Å². The van der Waals surface area contributed by atoms with Gasteiger partial charge in [0, 0.05) is 18.9 Å². The third-order valence-corrected chi connectivity index (χ3v) is 1.57. The van der Waals surface area contributed by atoms with Crippen molar-refractivity contribution in [3.63, 3.8) is 0 Å². The number of hydrogen-bond acceptors (Lipinski definition) is 2. The fraction of sp³-hybridized carbons (Fsp3) is 0.222. The van der Waals surface area contributed by atoms with Crippen LogP contribution >= 0.6 is 11.6 Å². The van der Waals surface area contributed by atoms with E-state index in [1.807, 2.05) is 25.3 Å². The van der Waals surface area contributed by atoms with Crippen molar-refractivity contribution in [1.29, 1.82) is 0 Å². The molecule has 0 unspecified atom stereocenters. The number of halogens is 1. The van der Waals surface area contributed by atoms with Crippen molar-refractivity contribution in [2.45, 2.75) is 0 Å². The molecule has 1 aromatic rings. The lowest BCUT2D eigenvalue weighted by molar-refractivity contribution is 0.922. The molecule has 1 aromatic heterocycles. The van der Waals surface area contributed by atoms with Gasteiger partial charge in [-0.3, -0.25) is 4.98 Å². The maximum absolute atomic E-state index is 5.75. The summed E-state index contributed by atoms with van der Waals surface area (Å²) in [7, 11) is 1.90. The standard InChI is InChI=1S/C9H11ClN2/c1-11-4-2-3-8-5-9(10)7-12-6-8/h2-3,5-7,11H,4H2,1H3. The van der Waals surface area contributed by atoms with Gasteiger partial charge in [0.2, 0.25) is 0 Å². The van der Waals surface area contributed by atoms with E-state index < -0.39 is 0 Å². The zero-order valence-electron chi connectivity index (χ0n) is 6.92. The highest BCUT2D eigenvalue weighted by atomic mass is 35.5. The van der Waals surface area contributed by atoms with Crippen LogP contribution in [0.4, 0.5) is 0 Å². The summed E-state index contributed by atoms with van der Waals surface area (Å²) in [5.41, 5.74) is 1.03. The first-order valence-corrected chi connectivity index (χ1v) is 4.12. The average Bonchev–Trinajstić information content (AvgIpc) is 2.05. The molecule has 12 heavy (non-hydrogen) atoms. The second kappa shape index (κ2) is 4.91. The molecule has 0 spiro atoms. The summed E-state index contributed by atoms with van der Waals surface area (Å²) in [6.45, 7) is 0.854. The molecule has 1 heterocycles. The molecule has 0 saturated heterocycles. The Labute approximate surface area is 77.3 Å². The summed E-state index contributed by atoms with van der Waals surface area (Å²) in [6.07, 6.45) is 7.40. The Bertz CT molecular complexity index is 271. The molecule has 0 aliphatic carbocycles. The number of rotatable bonds is 3. The molecule has 0 saturated carbocycles. The fourth-order valence-corrected chi connectivity index (χ4v) is 1.01. The Morgan fingerprint density at radius 2 is 2.42 bits per heavy atom. The largest absolute Gasteiger partial charge is 0.316 e. The number of nitrogens with zero attached hydrogens (tertiary/aromatic N) is 1. The zero-order valence-corrected chi connectivity index (χ0v) is 7.67. The van der Waals surface area contributed by atoms with Crippen molar-refractivity contribution >= 4 is 17.7 Å². The van der Waals surface area contributed by atoms with Crippen molar-refractivity contribution in [3.8, 4) is 0 Å². The molecule has 0 atom stereocenters. The maximum atomic E-state index is 5.75. The quantitative estimate of drug-likeness (QED) is 0.773. The zero-order chi connectivity index (χ0) is 8.81. The summed E-state index contributed by atoms with van der Waals surface area (Å²) < 4.78 is 0. The lowest BCUT2D eigenvalue weighted by Crippen LogP contribution is -2.03. The molecule has 0 aliphatic rings. The second-order valence-electron chi connectivity index (χ2n) is 2.40. The van der Waals surface area contributed by atoms with Crippen molar-refractivity contribution < 1.29 is 0 Å². The van der Waals surface area contributed by atoms with Crippen LogP contribution in [0.2, 0.25) is 5.02 Å². The summed E-state index contributed by atoms with van der Waals surface area (Å²) in [5, 5.41) is 3.68. The van der Waals surface area contributed by atoms with Crippen LogP contribution in [0, 0.1) is 0 Å². The van der Waals surface area contributed by atoms with Crippen LogP contribution in [0.5, 0.6) is 0 Å². The Kier molecular flexibility index (Phi) is 3.77. The monoisotopic (exact) mass is 182 g/mol. The minimum Gasteiger partial charge on any atom is -0.316 e. The highest BCUT2D eigenvalue weighted by molar-refractivity contribution is 6.30. The van der Waals surface area contributed by atoms with Crippen LogP contribution in [0.25, 0.3) is 6.08 Å². The Morgan fingerprint density at radius 3 is 3.08 bits per heavy atom. The molecule has 0 aliphatic heterocycles. The molecule has 0 radical (unpaired) electrons. The van der Waals surface area contributed by atoms with Gasteiger partial charge in [-0.05, 0) is 18.7 Å². The molecule has 0 fully saturated rings. The van der Waals surface area contributed by atoms with E-state index in [4.69, 9.17) is 11.6 Å². The molecule has 0 amide bonds. The molecule has 3 heteroatoms. The normalized spacial score (nSPS) is 10.8. The first kappa shape index (κ1) is 9.23. The molecule has 64 valence electrons. The fourth-order valence-electron chi connectivity index (χ4n) is 0.832. The smallest absolute Gasteiger partial charge is 0.0595 e. The van der Waals surface area contributed by atoms with Gasteiger partial charge in [-0.1, -0.05) is 23.8 Å². The summed E-state index contributed by atoms with van der Waals surface area (Å²) in [4.78, 5) is 3.96. The Morgan fingerprint density at radius 1 is 1.58 bits per heavy atom. The lowest BCUT2D eigenvalue weighted by atomic mass is 10.2. The van der Waals surface area contributed by atoms with Crippen LogP contribution in [0.1, 0.15) is 5.56 Å². The molecule has 1 rings (SSSR count). The number of likely N-dealkylation sites (N-methyl/N-ethyl adjacent to an activating group) is 1. The number of pyridine rings is 1. The molecular weight excluding hydrogens is 172 g/mol. The van der Waals surface area contributed by atoms with Gasteiger partial charge in [0.1, 0.15) is 0 Å². The average molecular weight is 183 g/mol. The minimum absolute atomic E-state index is 0.668. The van der Waals surface area contributed by atoms with E-state index in [1.165, 1.54) is 0 Å². The van der Waals surface area contributed by atoms with Crippen LogP contribution < -0.4 is 5.32 Å². The predicted molar refractivity (Wildman–Crippen MR) is 52.2 cm³/mol. The van der Waals surface area contributed by atoms with Crippen molar-refractivity contribution in [3.05, 3.63) is 35.1 Å². The third kappa shape index (κ3) is 3.03. The minimum atomic E-state index is 0.668. The van der Waals surface area contributed by atoms with Gasteiger partial charge in [0.05, 0.1) is 5.02 Å². The van der Waals surface area contributed by atoms with E-state index in [-0.39, 0.29) is 0 Å². The molecule has 0 bridgehead atoms. The number of nitrogens with one attached hydrogen (secondary N) is 1. The molecule has 2 nitrogen and oxygen atoms in total. The first-order chi connectivity index (χ1) is 5.83. The Hall–Kier alpha value is -0.860. The number of aromatic nitrogens is 1. The van der Waals surface area contributed by atoms with E-state index in [9.17, 15) is 0 Å². The lowest BCUT2D eigenvalue weighted by Gasteiger charge is -1.93. The number of hydrogen-bond donors (Lipinski definition) is 1. The SMILES string of the molecule is CNCC=Cc1cncc(Cl)c1. The van der Waals surface area contributed by atoms with Gasteiger partial charge in [0.25, 0.3) is 0 Å². The van der Waals surface area contributed by atoms with Gasteiger partial charge in [-0.15, -0.1) is 0 Å². The van der Waals surface area contributed by atoms with E-state index >= 15 is 0 Å². The van der Waals surface area contributed by atoms with E-state index in [0.29, 0.717) is 5.02 Å². The Balaban J connectivity index is 2.63. The van der Waals surface area contributed by atoms with Crippen LogP contribution in [-0.2, 0) is 0 Å². The highest BCUT2D eigenvalue weighted by Gasteiger charge is 1.88. The highest BCUT2D eigenvalue weighted by Crippen LogP contribution is 2.09. The van der Waals surface area contributed by atoms with Crippen molar-refractivity contribution in [2.75, 3.05) is 13.6 Å². The van der Waals surface area contributed by atoms with Gasteiger partial charge in [-0.25, -0.2) is 0 Å². The predicted octanol–water partition coefficient (Wildman–Crippen LogP) is 1.97. The molecular formula is C9H11ClN2. The van der Waals surface area contributed by atoms with E-state index in [0.717, 1.165) is 12.1 Å². The summed E-state index contributed by atoms with van der Waals surface area (Å²) in [6, 6.07) is 1.88.